The monoisotopic (exact) mass is 334 g/mol. The second kappa shape index (κ2) is 7.28. The molecule has 0 bridgehead atoms. The molecule has 0 spiro atoms. The Morgan fingerprint density at radius 2 is 1.74 bits per heavy atom. The molecule has 3 rings (SSSR count). The molecule has 0 fully saturated rings. The molecule has 0 saturated carbocycles. The lowest BCUT2D eigenvalue weighted by Crippen LogP contribution is -2.30. The van der Waals surface area contributed by atoms with Crippen molar-refractivity contribution in [3.8, 4) is 6.07 Å². The number of pyridine rings is 1. The maximum absolute atomic E-state index is 9.41. The lowest BCUT2D eigenvalue weighted by Gasteiger charge is -2.12. The third-order valence-corrected chi connectivity index (χ3v) is 4.97. The number of benzene rings is 2. The van der Waals surface area contributed by atoms with Gasteiger partial charge in [-0.3, -0.25) is 0 Å². The van der Waals surface area contributed by atoms with Gasteiger partial charge in [-0.05, 0) is 16.3 Å². The molecule has 23 heavy (non-hydrogen) atoms. The van der Waals surface area contributed by atoms with E-state index in [-0.39, 0.29) is 0 Å². The Labute approximate surface area is 145 Å². The number of hydrogen-bond acceptors (Lipinski definition) is 3. The van der Waals surface area contributed by atoms with Gasteiger partial charge in [-0.2, -0.15) is 9.83 Å². The number of fused-ring (bicyclic) bond motifs is 1. The third-order valence-electron chi connectivity index (χ3n) is 3.51. The van der Waals surface area contributed by atoms with Crippen molar-refractivity contribution in [1.29, 1.82) is 5.26 Å². The fraction of sp³-hybridized carbons (Fsp3) is 0.0526. The van der Waals surface area contributed by atoms with Crippen LogP contribution in [0, 0.1) is 11.3 Å². The molecule has 1 aromatic heterocycles. The molecule has 0 aliphatic rings. The van der Waals surface area contributed by atoms with Crippen molar-refractivity contribution in [1.82, 2.24) is 0 Å². The zero-order valence-electron chi connectivity index (χ0n) is 12.3. The molecular weight excluding hydrogens is 320 g/mol. The molecule has 0 aliphatic carbocycles. The molecule has 0 unspecified atom stereocenters. The molecule has 0 amide bonds. The van der Waals surface area contributed by atoms with Crippen molar-refractivity contribution < 1.29 is 4.57 Å². The van der Waals surface area contributed by atoms with E-state index in [1.54, 1.807) is 4.57 Å². The zero-order chi connectivity index (χ0) is 16.1. The van der Waals surface area contributed by atoms with Gasteiger partial charge in [0.25, 0.3) is 5.70 Å². The number of aromatic nitrogens is 1. The van der Waals surface area contributed by atoms with Crippen molar-refractivity contribution in [3.05, 3.63) is 82.9 Å². The quantitative estimate of drug-likeness (QED) is 0.405. The SMILES string of the molecule is N#CC(=C([S-])SCc1cccc2ccccc12)[n+]1ccccc1. The van der Waals surface area contributed by atoms with E-state index in [9.17, 15) is 5.26 Å². The summed E-state index contributed by atoms with van der Waals surface area (Å²) in [5.74, 6) is 0.749. The third kappa shape index (κ3) is 3.53. The van der Waals surface area contributed by atoms with E-state index in [2.05, 4.69) is 36.4 Å². The minimum Gasteiger partial charge on any atom is -0.766 e. The number of nitrogens with zero attached hydrogens (tertiary/aromatic N) is 2. The largest absolute Gasteiger partial charge is 0.766 e. The first kappa shape index (κ1) is 15.5. The number of thioether (sulfide) groups is 1. The summed E-state index contributed by atoms with van der Waals surface area (Å²) in [6, 6.07) is 22.5. The maximum atomic E-state index is 9.41. The fourth-order valence-corrected chi connectivity index (χ4v) is 3.54. The Bertz CT molecular complexity index is 891. The zero-order valence-corrected chi connectivity index (χ0v) is 14.0. The lowest BCUT2D eigenvalue weighted by atomic mass is 10.1. The molecule has 3 aromatic rings. The van der Waals surface area contributed by atoms with Gasteiger partial charge >= 0.3 is 0 Å². The smallest absolute Gasteiger partial charge is 0.275 e. The number of hydrogen-bond donors (Lipinski definition) is 0. The highest BCUT2D eigenvalue weighted by Gasteiger charge is 2.09. The minimum absolute atomic E-state index is 0.492. The Morgan fingerprint density at radius 1 is 1.00 bits per heavy atom. The van der Waals surface area contributed by atoms with Crippen LogP contribution in [0.15, 0.2) is 77.3 Å². The van der Waals surface area contributed by atoms with Crippen molar-refractivity contribution in [2.24, 2.45) is 0 Å². The van der Waals surface area contributed by atoms with Crippen molar-refractivity contribution in [3.63, 3.8) is 0 Å². The molecule has 0 aliphatic heterocycles. The van der Waals surface area contributed by atoms with Gasteiger partial charge in [0, 0.05) is 17.9 Å². The van der Waals surface area contributed by atoms with Crippen LogP contribution in [0.1, 0.15) is 5.56 Å². The summed E-state index contributed by atoms with van der Waals surface area (Å²) in [5.41, 5.74) is 1.72. The molecular formula is C19H14N2S2. The fourth-order valence-electron chi connectivity index (χ4n) is 2.39. The van der Waals surface area contributed by atoms with Gasteiger partial charge in [0.05, 0.1) is 0 Å². The van der Waals surface area contributed by atoms with Crippen molar-refractivity contribution in [2.45, 2.75) is 5.75 Å². The average Bonchev–Trinajstić information content (AvgIpc) is 2.61. The molecule has 0 saturated heterocycles. The van der Waals surface area contributed by atoms with Crippen LogP contribution in [0.4, 0.5) is 0 Å². The second-order valence-corrected chi connectivity index (χ2v) is 6.61. The summed E-state index contributed by atoms with van der Waals surface area (Å²) >= 11 is 6.98. The van der Waals surface area contributed by atoms with Gasteiger partial charge in [0.1, 0.15) is 0 Å². The highest BCUT2D eigenvalue weighted by molar-refractivity contribution is 8.10. The molecule has 2 aromatic carbocycles. The summed E-state index contributed by atoms with van der Waals surface area (Å²) in [7, 11) is 0. The van der Waals surface area contributed by atoms with E-state index in [0.29, 0.717) is 9.93 Å². The van der Waals surface area contributed by atoms with Gasteiger partial charge in [-0.1, -0.05) is 52.8 Å². The van der Waals surface area contributed by atoms with Crippen LogP contribution in [0.5, 0.6) is 0 Å². The van der Waals surface area contributed by atoms with Crippen molar-refractivity contribution >= 4 is 40.9 Å². The molecule has 2 nitrogen and oxygen atoms in total. The molecule has 0 atom stereocenters. The van der Waals surface area contributed by atoms with Gasteiger partial charge in [0.2, 0.25) is 0 Å². The first-order valence-corrected chi connectivity index (χ1v) is 8.56. The van der Waals surface area contributed by atoms with Gasteiger partial charge < -0.3 is 12.6 Å². The highest BCUT2D eigenvalue weighted by atomic mass is 32.2. The molecule has 112 valence electrons. The summed E-state index contributed by atoms with van der Waals surface area (Å²) in [5, 5.41) is 11.9. The Balaban J connectivity index is 1.87. The van der Waals surface area contributed by atoms with Crippen LogP contribution in [0.2, 0.25) is 0 Å². The van der Waals surface area contributed by atoms with E-state index in [1.165, 1.54) is 28.1 Å². The van der Waals surface area contributed by atoms with Crippen LogP contribution in [-0.2, 0) is 18.4 Å². The summed E-state index contributed by atoms with van der Waals surface area (Å²) in [4.78, 5) is 0. The first-order chi connectivity index (χ1) is 11.3. The lowest BCUT2D eigenvalue weighted by molar-refractivity contribution is -0.577. The minimum atomic E-state index is 0.492. The normalized spacial score (nSPS) is 11.8. The molecule has 0 radical (unpaired) electrons. The summed E-state index contributed by atoms with van der Waals surface area (Å²) < 4.78 is 2.37. The topological polar surface area (TPSA) is 27.7 Å². The van der Waals surface area contributed by atoms with Crippen LogP contribution >= 0.6 is 11.8 Å². The Kier molecular flexibility index (Phi) is 4.92. The van der Waals surface area contributed by atoms with E-state index in [1.807, 2.05) is 42.7 Å². The predicted molar refractivity (Wildman–Crippen MR) is 98.1 cm³/mol. The predicted octanol–water partition coefficient (Wildman–Crippen LogP) is 4.26. The van der Waals surface area contributed by atoms with E-state index in [0.717, 1.165) is 5.75 Å². The van der Waals surface area contributed by atoms with Gasteiger partial charge in [-0.15, -0.1) is 11.8 Å². The van der Waals surface area contributed by atoms with Crippen LogP contribution in [-0.4, -0.2) is 0 Å². The van der Waals surface area contributed by atoms with Gasteiger partial charge in [-0.25, -0.2) is 0 Å². The van der Waals surface area contributed by atoms with Crippen LogP contribution in [0.3, 0.4) is 0 Å². The van der Waals surface area contributed by atoms with E-state index < -0.39 is 0 Å². The average molecular weight is 334 g/mol. The first-order valence-electron chi connectivity index (χ1n) is 7.17. The van der Waals surface area contributed by atoms with E-state index >= 15 is 0 Å². The molecule has 0 N–H and O–H groups in total. The number of allylic oxidation sites excluding steroid dienone is 1. The van der Waals surface area contributed by atoms with Crippen LogP contribution < -0.4 is 4.57 Å². The Morgan fingerprint density at radius 3 is 2.52 bits per heavy atom. The maximum Gasteiger partial charge on any atom is 0.275 e. The molecule has 4 heteroatoms. The summed E-state index contributed by atoms with van der Waals surface area (Å²) in [6.45, 7) is 0. The second-order valence-electron chi connectivity index (χ2n) is 4.96. The number of nitriles is 1. The molecule has 1 heterocycles. The van der Waals surface area contributed by atoms with Crippen LogP contribution in [0.25, 0.3) is 16.5 Å². The van der Waals surface area contributed by atoms with Crippen molar-refractivity contribution in [2.75, 3.05) is 0 Å². The number of rotatable bonds is 4. The summed E-state index contributed by atoms with van der Waals surface area (Å²) in [6.07, 6.45) is 3.67. The van der Waals surface area contributed by atoms with Gasteiger partial charge in [0.15, 0.2) is 18.5 Å². The standard InChI is InChI=1S/C19H14N2S2/c20-13-18(21-11-4-1-5-12-21)19(22)23-14-16-9-6-8-15-7-2-3-10-17(15)16/h1-12H,14H2. The van der Waals surface area contributed by atoms with E-state index in [4.69, 9.17) is 12.6 Å². The highest BCUT2D eigenvalue weighted by Crippen LogP contribution is 2.27. The Hall–Kier alpha value is -2.35.